The highest BCUT2D eigenvalue weighted by molar-refractivity contribution is 5.67. The van der Waals surface area contributed by atoms with Crippen molar-refractivity contribution in [3.8, 4) is 0 Å². The largest absolute Gasteiger partial charge is 0.468 e. The zero-order valence-corrected chi connectivity index (χ0v) is 13.4. The van der Waals surface area contributed by atoms with E-state index in [-0.39, 0.29) is 12.1 Å². The molecule has 0 saturated carbocycles. The minimum atomic E-state index is -0.445. The number of alkyl carbamates (subject to hydrolysis) is 1. The first-order valence-corrected chi connectivity index (χ1v) is 7.59. The highest BCUT2D eigenvalue weighted by atomic mass is 16.6. The van der Waals surface area contributed by atoms with Gasteiger partial charge in [-0.05, 0) is 58.7 Å². The first-order valence-electron chi connectivity index (χ1n) is 7.59. The summed E-state index contributed by atoms with van der Waals surface area (Å²) in [5, 5.41) is 2.86. The van der Waals surface area contributed by atoms with Crippen molar-refractivity contribution in [1.82, 2.24) is 10.2 Å². The molecule has 118 valence electrons. The molecule has 5 nitrogen and oxygen atoms in total. The van der Waals surface area contributed by atoms with Crippen LogP contribution in [0.2, 0.25) is 0 Å². The van der Waals surface area contributed by atoms with Crippen LogP contribution in [0.25, 0.3) is 0 Å². The molecular formula is C16H26N2O3. The van der Waals surface area contributed by atoms with Gasteiger partial charge in [-0.1, -0.05) is 0 Å². The topological polar surface area (TPSA) is 54.7 Å². The van der Waals surface area contributed by atoms with E-state index < -0.39 is 5.60 Å². The van der Waals surface area contributed by atoms with E-state index in [1.54, 1.807) is 6.26 Å². The van der Waals surface area contributed by atoms with Gasteiger partial charge in [0.1, 0.15) is 11.4 Å². The fourth-order valence-electron chi connectivity index (χ4n) is 2.63. The van der Waals surface area contributed by atoms with Crippen molar-refractivity contribution in [3.05, 3.63) is 24.2 Å². The number of amides is 1. The minimum Gasteiger partial charge on any atom is -0.468 e. The van der Waals surface area contributed by atoms with Crippen molar-refractivity contribution in [3.63, 3.8) is 0 Å². The smallest absolute Gasteiger partial charge is 0.407 e. The van der Waals surface area contributed by atoms with E-state index in [2.05, 4.69) is 17.1 Å². The average Bonchev–Trinajstić information content (AvgIpc) is 3.05. The number of carbonyl (C=O) groups excluding carboxylic acids is 1. The molecule has 2 rings (SSSR count). The normalized spacial score (nSPS) is 21.2. The molecule has 1 aromatic heterocycles. The van der Waals surface area contributed by atoms with Gasteiger partial charge in [0.2, 0.25) is 0 Å². The quantitative estimate of drug-likeness (QED) is 0.926. The molecular weight excluding hydrogens is 268 g/mol. The van der Waals surface area contributed by atoms with Crippen LogP contribution in [-0.2, 0) is 4.74 Å². The number of rotatable bonds is 4. The van der Waals surface area contributed by atoms with Gasteiger partial charge >= 0.3 is 6.09 Å². The van der Waals surface area contributed by atoms with Crippen LogP contribution in [-0.4, -0.2) is 36.2 Å². The first kappa shape index (κ1) is 15.9. The Balaban J connectivity index is 1.74. The number of furan rings is 1. The van der Waals surface area contributed by atoms with Gasteiger partial charge in [0.25, 0.3) is 0 Å². The van der Waals surface area contributed by atoms with Crippen molar-refractivity contribution in [2.75, 3.05) is 19.6 Å². The summed E-state index contributed by atoms with van der Waals surface area (Å²) in [5.74, 6) is 1.46. The standard InChI is InChI=1S/C16H26N2O3/c1-12(14-6-5-9-20-14)18-8-7-13(11-18)10-17-15(19)21-16(2,3)4/h5-6,9,12-13H,7-8,10-11H2,1-4H3,(H,17,19). The predicted molar refractivity (Wildman–Crippen MR) is 81.0 cm³/mol. The van der Waals surface area contributed by atoms with Crippen LogP contribution in [0.15, 0.2) is 22.8 Å². The number of nitrogens with zero attached hydrogens (tertiary/aromatic N) is 1. The van der Waals surface area contributed by atoms with Crippen molar-refractivity contribution < 1.29 is 13.9 Å². The molecule has 1 amide bonds. The molecule has 1 N–H and O–H groups in total. The van der Waals surface area contributed by atoms with Gasteiger partial charge in [0, 0.05) is 13.1 Å². The Morgan fingerprint density at radius 2 is 2.33 bits per heavy atom. The molecule has 2 heterocycles. The summed E-state index contributed by atoms with van der Waals surface area (Å²) in [7, 11) is 0. The van der Waals surface area contributed by atoms with Gasteiger partial charge in [-0.2, -0.15) is 0 Å². The summed E-state index contributed by atoms with van der Waals surface area (Å²) in [6.07, 6.45) is 2.46. The Kier molecular flexibility index (Phi) is 4.93. The van der Waals surface area contributed by atoms with E-state index in [4.69, 9.17) is 9.15 Å². The molecule has 1 aromatic rings. The third-order valence-corrected chi connectivity index (χ3v) is 3.75. The lowest BCUT2D eigenvalue weighted by molar-refractivity contribution is 0.0519. The first-order chi connectivity index (χ1) is 9.85. The van der Waals surface area contributed by atoms with E-state index >= 15 is 0 Å². The number of carbonyl (C=O) groups is 1. The highest BCUT2D eigenvalue weighted by Crippen LogP contribution is 2.27. The van der Waals surface area contributed by atoms with E-state index in [1.807, 2.05) is 32.9 Å². The maximum Gasteiger partial charge on any atom is 0.407 e. The van der Waals surface area contributed by atoms with Gasteiger partial charge in [-0.25, -0.2) is 4.79 Å². The van der Waals surface area contributed by atoms with E-state index in [0.717, 1.165) is 25.3 Å². The van der Waals surface area contributed by atoms with Crippen LogP contribution >= 0.6 is 0 Å². The molecule has 5 heteroatoms. The van der Waals surface area contributed by atoms with Crippen molar-refractivity contribution in [1.29, 1.82) is 0 Å². The molecule has 1 saturated heterocycles. The van der Waals surface area contributed by atoms with E-state index in [9.17, 15) is 4.79 Å². The number of hydrogen-bond donors (Lipinski definition) is 1. The minimum absolute atomic E-state index is 0.284. The van der Waals surface area contributed by atoms with Crippen LogP contribution in [0.4, 0.5) is 4.79 Å². The van der Waals surface area contributed by atoms with Crippen molar-refractivity contribution >= 4 is 6.09 Å². The lowest BCUT2D eigenvalue weighted by Crippen LogP contribution is -2.36. The van der Waals surface area contributed by atoms with E-state index in [0.29, 0.717) is 12.5 Å². The summed E-state index contributed by atoms with van der Waals surface area (Å²) in [5.41, 5.74) is -0.445. The highest BCUT2D eigenvalue weighted by Gasteiger charge is 2.28. The van der Waals surface area contributed by atoms with Crippen LogP contribution in [0.3, 0.4) is 0 Å². The Morgan fingerprint density at radius 3 is 2.95 bits per heavy atom. The zero-order valence-electron chi connectivity index (χ0n) is 13.4. The molecule has 2 atom stereocenters. The molecule has 2 unspecified atom stereocenters. The maximum absolute atomic E-state index is 11.7. The Morgan fingerprint density at radius 1 is 1.57 bits per heavy atom. The average molecular weight is 294 g/mol. The third-order valence-electron chi connectivity index (χ3n) is 3.75. The molecule has 1 aliphatic heterocycles. The van der Waals surface area contributed by atoms with Gasteiger partial charge < -0.3 is 14.5 Å². The molecule has 1 fully saturated rings. The summed E-state index contributed by atoms with van der Waals surface area (Å²) < 4.78 is 10.7. The number of nitrogens with one attached hydrogen (secondary N) is 1. The van der Waals surface area contributed by atoms with Crippen LogP contribution < -0.4 is 5.32 Å². The second-order valence-corrected chi connectivity index (χ2v) is 6.72. The third kappa shape index (κ3) is 4.77. The van der Waals surface area contributed by atoms with Crippen molar-refractivity contribution in [2.24, 2.45) is 5.92 Å². The van der Waals surface area contributed by atoms with Gasteiger partial charge in [-0.3, -0.25) is 4.90 Å². The molecule has 0 spiro atoms. The summed E-state index contributed by atoms with van der Waals surface area (Å²) in [4.78, 5) is 14.0. The molecule has 0 aromatic carbocycles. The second kappa shape index (κ2) is 6.52. The predicted octanol–water partition coefficient (Wildman–Crippen LogP) is 3.19. The summed E-state index contributed by atoms with van der Waals surface area (Å²) >= 11 is 0. The molecule has 21 heavy (non-hydrogen) atoms. The molecule has 1 aliphatic rings. The molecule has 0 bridgehead atoms. The fourth-order valence-corrected chi connectivity index (χ4v) is 2.63. The fraction of sp³-hybridized carbons (Fsp3) is 0.688. The van der Waals surface area contributed by atoms with Crippen molar-refractivity contribution in [2.45, 2.75) is 45.8 Å². The molecule has 0 aliphatic carbocycles. The van der Waals surface area contributed by atoms with Crippen LogP contribution in [0, 0.1) is 5.92 Å². The molecule has 0 radical (unpaired) electrons. The Hall–Kier alpha value is -1.49. The summed E-state index contributed by atoms with van der Waals surface area (Å²) in [6, 6.07) is 4.21. The Labute approximate surface area is 126 Å². The van der Waals surface area contributed by atoms with Crippen LogP contribution in [0.5, 0.6) is 0 Å². The lowest BCUT2D eigenvalue weighted by Gasteiger charge is -2.23. The lowest BCUT2D eigenvalue weighted by atomic mass is 10.1. The van der Waals surface area contributed by atoms with Crippen LogP contribution in [0.1, 0.15) is 45.9 Å². The van der Waals surface area contributed by atoms with Gasteiger partial charge in [0.05, 0.1) is 12.3 Å². The number of hydrogen-bond acceptors (Lipinski definition) is 4. The maximum atomic E-state index is 11.7. The number of ether oxygens (including phenoxy) is 1. The monoisotopic (exact) mass is 294 g/mol. The SMILES string of the molecule is CC(c1ccco1)N1CCC(CNC(=O)OC(C)(C)C)C1. The van der Waals surface area contributed by atoms with E-state index in [1.165, 1.54) is 0 Å². The zero-order chi connectivity index (χ0) is 15.5. The number of likely N-dealkylation sites (tertiary alicyclic amines) is 1. The Bertz CT molecular complexity index is 451. The second-order valence-electron chi connectivity index (χ2n) is 6.72. The summed E-state index contributed by atoms with van der Waals surface area (Å²) in [6.45, 7) is 10.4. The van der Waals surface area contributed by atoms with Gasteiger partial charge in [-0.15, -0.1) is 0 Å². The van der Waals surface area contributed by atoms with Gasteiger partial charge in [0.15, 0.2) is 0 Å².